The minimum Gasteiger partial charge on any atom is -0.481 e. The van der Waals surface area contributed by atoms with Gasteiger partial charge in [-0.1, -0.05) is 13.8 Å². The number of nitrogens with two attached hydrogens (primary N) is 1. The Morgan fingerprint density at radius 3 is 2.20 bits per heavy atom. The predicted molar refractivity (Wildman–Crippen MR) is 39.6 cm³/mol. The van der Waals surface area contributed by atoms with E-state index in [1.807, 2.05) is 13.8 Å². The zero-order valence-corrected chi connectivity index (χ0v) is 6.50. The molecule has 0 aromatic rings. The van der Waals surface area contributed by atoms with Gasteiger partial charge in [0.1, 0.15) is 0 Å². The summed E-state index contributed by atoms with van der Waals surface area (Å²) in [6, 6.07) is 0. The Morgan fingerprint density at radius 1 is 1.60 bits per heavy atom. The lowest BCUT2D eigenvalue weighted by Crippen LogP contribution is -2.22. The molecule has 60 valence electrons. The van der Waals surface area contributed by atoms with Gasteiger partial charge < -0.3 is 10.8 Å². The molecule has 0 aromatic heterocycles. The standard InChI is InChI=1S/C7H15NO2/c1-5(2)6(3-4-8)7(9)10/h5-6H,3-4,8H2,1-2H3,(H,9,10)/t6-/m1/s1. The molecule has 10 heavy (non-hydrogen) atoms. The summed E-state index contributed by atoms with van der Waals surface area (Å²) < 4.78 is 0. The zero-order valence-electron chi connectivity index (χ0n) is 6.50. The van der Waals surface area contributed by atoms with Gasteiger partial charge in [0, 0.05) is 0 Å². The largest absolute Gasteiger partial charge is 0.481 e. The van der Waals surface area contributed by atoms with E-state index in [1.54, 1.807) is 0 Å². The molecule has 0 fully saturated rings. The van der Waals surface area contributed by atoms with Crippen molar-refractivity contribution in [3.05, 3.63) is 0 Å². The van der Waals surface area contributed by atoms with Crippen molar-refractivity contribution < 1.29 is 9.90 Å². The highest BCUT2D eigenvalue weighted by Gasteiger charge is 2.19. The fourth-order valence-corrected chi connectivity index (χ4v) is 0.922. The average molecular weight is 145 g/mol. The second kappa shape index (κ2) is 4.28. The number of aliphatic carboxylic acids is 1. The maximum atomic E-state index is 10.5. The van der Waals surface area contributed by atoms with E-state index in [4.69, 9.17) is 10.8 Å². The van der Waals surface area contributed by atoms with Crippen molar-refractivity contribution in [3.63, 3.8) is 0 Å². The van der Waals surface area contributed by atoms with Crippen LogP contribution in [-0.4, -0.2) is 17.6 Å². The van der Waals surface area contributed by atoms with Gasteiger partial charge in [-0.25, -0.2) is 0 Å². The molecule has 0 bridgehead atoms. The highest BCUT2D eigenvalue weighted by atomic mass is 16.4. The van der Waals surface area contributed by atoms with Crippen LogP contribution in [0, 0.1) is 11.8 Å². The maximum absolute atomic E-state index is 10.5. The van der Waals surface area contributed by atoms with Crippen LogP contribution in [0.1, 0.15) is 20.3 Å². The van der Waals surface area contributed by atoms with Crippen molar-refractivity contribution in [1.29, 1.82) is 0 Å². The van der Waals surface area contributed by atoms with E-state index in [9.17, 15) is 4.79 Å². The minimum atomic E-state index is -0.736. The molecule has 0 aliphatic heterocycles. The summed E-state index contributed by atoms with van der Waals surface area (Å²) in [4.78, 5) is 10.5. The third-order valence-corrected chi connectivity index (χ3v) is 1.60. The smallest absolute Gasteiger partial charge is 0.306 e. The van der Waals surface area contributed by atoms with Gasteiger partial charge in [0.05, 0.1) is 5.92 Å². The number of rotatable bonds is 4. The monoisotopic (exact) mass is 145 g/mol. The van der Waals surface area contributed by atoms with Crippen molar-refractivity contribution in [2.45, 2.75) is 20.3 Å². The Balaban J connectivity index is 3.85. The van der Waals surface area contributed by atoms with Gasteiger partial charge in [-0.15, -0.1) is 0 Å². The van der Waals surface area contributed by atoms with Crippen LogP contribution in [-0.2, 0) is 4.79 Å². The van der Waals surface area contributed by atoms with Crippen LogP contribution in [0.4, 0.5) is 0 Å². The van der Waals surface area contributed by atoms with Crippen LogP contribution >= 0.6 is 0 Å². The van der Waals surface area contributed by atoms with Crippen LogP contribution in [0.3, 0.4) is 0 Å². The summed E-state index contributed by atoms with van der Waals surface area (Å²) in [5.74, 6) is -0.827. The molecule has 0 rings (SSSR count). The lowest BCUT2D eigenvalue weighted by Gasteiger charge is -2.13. The molecule has 3 nitrogen and oxygen atoms in total. The molecule has 0 saturated carbocycles. The summed E-state index contributed by atoms with van der Waals surface area (Å²) >= 11 is 0. The molecule has 0 aromatic carbocycles. The first-order valence-corrected chi connectivity index (χ1v) is 3.52. The second-order valence-electron chi connectivity index (χ2n) is 2.77. The van der Waals surface area contributed by atoms with Crippen molar-refractivity contribution in [1.82, 2.24) is 0 Å². The first kappa shape index (κ1) is 9.43. The Bertz CT molecular complexity index is 112. The van der Waals surface area contributed by atoms with E-state index in [0.717, 1.165) is 0 Å². The first-order chi connectivity index (χ1) is 4.59. The maximum Gasteiger partial charge on any atom is 0.306 e. The average Bonchev–Trinajstić information content (AvgIpc) is 1.81. The number of carboxylic acid groups (broad SMARTS) is 1. The lowest BCUT2D eigenvalue weighted by molar-refractivity contribution is -0.143. The van der Waals surface area contributed by atoms with Gasteiger partial charge in [-0.2, -0.15) is 0 Å². The fourth-order valence-electron chi connectivity index (χ4n) is 0.922. The summed E-state index contributed by atoms with van der Waals surface area (Å²) in [5.41, 5.74) is 5.24. The van der Waals surface area contributed by atoms with E-state index in [2.05, 4.69) is 0 Å². The predicted octanol–water partition coefficient (Wildman–Crippen LogP) is 0.692. The van der Waals surface area contributed by atoms with Gasteiger partial charge >= 0.3 is 5.97 Å². The Morgan fingerprint density at radius 2 is 2.10 bits per heavy atom. The van der Waals surface area contributed by atoms with Crippen LogP contribution in [0.5, 0.6) is 0 Å². The quantitative estimate of drug-likeness (QED) is 0.611. The Kier molecular flexibility index (Phi) is 4.03. The molecule has 0 aliphatic rings. The first-order valence-electron chi connectivity index (χ1n) is 3.52. The van der Waals surface area contributed by atoms with Crippen molar-refractivity contribution >= 4 is 5.97 Å². The molecule has 0 radical (unpaired) electrons. The molecular weight excluding hydrogens is 130 g/mol. The third kappa shape index (κ3) is 2.82. The third-order valence-electron chi connectivity index (χ3n) is 1.60. The minimum absolute atomic E-state index is 0.182. The summed E-state index contributed by atoms with van der Waals surface area (Å²) in [5, 5.41) is 8.62. The fraction of sp³-hybridized carbons (Fsp3) is 0.857. The van der Waals surface area contributed by atoms with Crippen LogP contribution in [0.15, 0.2) is 0 Å². The number of carboxylic acids is 1. The van der Waals surface area contributed by atoms with Crippen molar-refractivity contribution in [3.8, 4) is 0 Å². The molecule has 0 amide bonds. The van der Waals surface area contributed by atoms with Gasteiger partial charge in [0.25, 0.3) is 0 Å². The summed E-state index contributed by atoms with van der Waals surface area (Å²) in [6.45, 7) is 4.25. The molecule has 1 atom stereocenters. The highest BCUT2D eigenvalue weighted by molar-refractivity contribution is 5.70. The highest BCUT2D eigenvalue weighted by Crippen LogP contribution is 2.13. The lowest BCUT2D eigenvalue weighted by atomic mass is 9.93. The van der Waals surface area contributed by atoms with E-state index < -0.39 is 5.97 Å². The Hall–Kier alpha value is -0.570. The summed E-state index contributed by atoms with van der Waals surface area (Å²) in [7, 11) is 0. The van der Waals surface area contributed by atoms with Crippen LogP contribution in [0.25, 0.3) is 0 Å². The van der Waals surface area contributed by atoms with E-state index in [-0.39, 0.29) is 11.8 Å². The molecule has 3 heteroatoms. The number of carbonyl (C=O) groups is 1. The Labute approximate surface area is 61.2 Å². The molecular formula is C7H15NO2. The van der Waals surface area contributed by atoms with Crippen LogP contribution in [0.2, 0.25) is 0 Å². The van der Waals surface area contributed by atoms with Gasteiger partial charge in [-0.3, -0.25) is 4.79 Å². The topological polar surface area (TPSA) is 63.3 Å². The second-order valence-corrected chi connectivity index (χ2v) is 2.77. The number of hydrogen-bond donors (Lipinski definition) is 2. The molecule has 3 N–H and O–H groups in total. The van der Waals surface area contributed by atoms with Crippen LogP contribution < -0.4 is 5.73 Å². The van der Waals surface area contributed by atoms with Gasteiger partial charge in [-0.05, 0) is 18.9 Å². The zero-order chi connectivity index (χ0) is 8.15. The van der Waals surface area contributed by atoms with Crippen molar-refractivity contribution in [2.24, 2.45) is 17.6 Å². The van der Waals surface area contributed by atoms with E-state index in [0.29, 0.717) is 13.0 Å². The van der Waals surface area contributed by atoms with E-state index >= 15 is 0 Å². The number of hydrogen-bond acceptors (Lipinski definition) is 2. The summed E-state index contributed by atoms with van der Waals surface area (Å²) in [6.07, 6.45) is 0.576. The SMILES string of the molecule is CC(C)[C@@H](CCN)C(=O)O. The van der Waals surface area contributed by atoms with Gasteiger partial charge in [0.15, 0.2) is 0 Å². The molecule has 0 spiro atoms. The molecule has 0 aliphatic carbocycles. The molecule has 0 unspecified atom stereocenters. The molecule has 0 heterocycles. The van der Waals surface area contributed by atoms with Crippen molar-refractivity contribution in [2.75, 3.05) is 6.54 Å². The van der Waals surface area contributed by atoms with E-state index in [1.165, 1.54) is 0 Å². The molecule has 0 saturated heterocycles. The van der Waals surface area contributed by atoms with Gasteiger partial charge in [0.2, 0.25) is 0 Å². The normalized spacial score (nSPS) is 13.6.